The highest BCUT2D eigenvalue weighted by Crippen LogP contribution is 2.36. The van der Waals surface area contributed by atoms with Crippen LogP contribution in [0.25, 0.3) is 11.1 Å². The van der Waals surface area contributed by atoms with Gasteiger partial charge in [0, 0.05) is 5.69 Å². The van der Waals surface area contributed by atoms with Crippen molar-refractivity contribution in [2.24, 2.45) is 0 Å². The number of hydrogen-bond donors (Lipinski definition) is 3. The molecule has 0 saturated carbocycles. The largest absolute Gasteiger partial charge is 0.491 e. The number of aryl methyl sites for hydroxylation is 3. The molecule has 0 unspecified atom stereocenters. The molecule has 0 fully saturated rings. The molecule has 0 bridgehead atoms. The van der Waals surface area contributed by atoms with Crippen molar-refractivity contribution >= 4 is 23.4 Å². The predicted molar refractivity (Wildman–Crippen MR) is 128 cm³/mol. The van der Waals surface area contributed by atoms with Crippen LogP contribution in [0.2, 0.25) is 0 Å². The van der Waals surface area contributed by atoms with Crippen LogP contribution in [-0.4, -0.2) is 23.7 Å². The minimum atomic E-state index is -1.00. The summed E-state index contributed by atoms with van der Waals surface area (Å²) in [7, 11) is 0. The summed E-state index contributed by atoms with van der Waals surface area (Å²) >= 11 is 0. The average Bonchev–Trinajstić information content (AvgIpc) is 2.74. The second-order valence-electron chi connectivity index (χ2n) is 7.82. The summed E-state index contributed by atoms with van der Waals surface area (Å²) in [5, 5.41) is 15.3. The van der Waals surface area contributed by atoms with E-state index < -0.39 is 12.0 Å². The highest BCUT2D eigenvalue weighted by Gasteiger charge is 2.17. The molecule has 6 nitrogen and oxygen atoms in total. The molecule has 0 heterocycles. The summed E-state index contributed by atoms with van der Waals surface area (Å²) in [4.78, 5) is 24.5. The topological polar surface area (TPSA) is 87.7 Å². The zero-order valence-corrected chi connectivity index (χ0v) is 18.8. The number of amides is 2. The minimum absolute atomic E-state index is 0.201. The summed E-state index contributed by atoms with van der Waals surface area (Å²) in [5.41, 5.74) is 5.48. The lowest BCUT2D eigenvalue weighted by molar-refractivity contribution is 0.0697. The van der Waals surface area contributed by atoms with E-state index in [2.05, 4.69) is 10.6 Å². The van der Waals surface area contributed by atoms with Crippen molar-refractivity contribution in [3.63, 3.8) is 0 Å². The first-order chi connectivity index (χ1) is 15.3. The van der Waals surface area contributed by atoms with Gasteiger partial charge in [-0.05, 0) is 74.2 Å². The van der Waals surface area contributed by atoms with Crippen molar-refractivity contribution in [1.82, 2.24) is 0 Å². The van der Waals surface area contributed by atoms with Crippen LogP contribution < -0.4 is 15.4 Å². The van der Waals surface area contributed by atoms with Gasteiger partial charge < -0.3 is 20.5 Å². The molecule has 3 aromatic carbocycles. The SMILES string of the molecule is CCCOc1c(C)cc(-c2cc(C)ccc2C(=O)O)cc1NC(=O)Nc1ccc(C)cc1. The van der Waals surface area contributed by atoms with Crippen molar-refractivity contribution < 1.29 is 19.4 Å². The summed E-state index contributed by atoms with van der Waals surface area (Å²) < 4.78 is 5.92. The molecule has 0 aliphatic rings. The molecule has 0 spiro atoms. The number of anilines is 2. The smallest absolute Gasteiger partial charge is 0.336 e. The Morgan fingerprint density at radius 2 is 1.59 bits per heavy atom. The third-order valence-electron chi connectivity index (χ3n) is 5.00. The normalized spacial score (nSPS) is 10.5. The van der Waals surface area contributed by atoms with Crippen LogP contribution in [0.1, 0.15) is 40.4 Å². The fraction of sp³-hybridized carbons (Fsp3) is 0.231. The van der Waals surface area contributed by atoms with Gasteiger partial charge in [-0.2, -0.15) is 0 Å². The van der Waals surface area contributed by atoms with Crippen molar-refractivity contribution in [2.45, 2.75) is 34.1 Å². The fourth-order valence-electron chi connectivity index (χ4n) is 3.42. The minimum Gasteiger partial charge on any atom is -0.491 e. The summed E-state index contributed by atoms with van der Waals surface area (Å²) in [6.45, 7) is 8.28. The molecule has 0 atom stereocenters. The van der Waals surface area contributed by atoms with Gasteiger partial charge in [-0.25, -0.2) is 9.59 Å². The molecule has 3 rings (SSSR count). The molecule has 3 N–H and O–H groups in total. The summed E-state index contributed by atoms with van der Waals surface area (Å²) in [6, 6.07) is 15.9. The third-order valence-corrected chi connectivity index (χ3v) is 5.00. The van der Waals surface area contributed by atoms with Gasteiger partial charge >= 0.3 is 12.0 Å². The zero-order chi connectivity index (χ0) is 23.3. The number of nitrogens with one attached hydrogen (secondary N) is 2. The van der Waals surface area contributed by atoms with E-state index in [0.29, 0.717) is 34.9 Å². The number of carboxylic acid groups (broad SMARTS) is 1. The molecule has 0 radical (unpaired) electrons. The first kappa shape index (κ1) is 22.9. The molecule has 6 heteroatoms. The number of carboxylic acids is 1. The molecule has 0 aromatic heterocycles. The van der Waals surface area contributed by atoms with Gasteiger partial charge in [0.1, 0.15) is 5.75 Å². The number of carbonyl (C=O) groups is 2. The number of urea groups is 1. The van der Waals surface area contributed by atoms with E-state index in [9.17, 15) is 14.7 Å². The Morgan fingerprint density at radius 1 is 0.906 bits per heavy atom. The quantitative estimate of drug-likeness (QED) is 0.402. The van der Waals surface area contributed by atoms with Gasteiger partial charge in [0.25, 0.3) is 0 Å². The van der Waals surface area contributed by atoms with Gasteiger partial charge in [0.05, 0.1) is 17.9 Å². The Bertz CT molecular complexity index is 1140. The van der Waals surface area contributed by atoms with Gasteiger partial charge in [0.15, 0.2) is 0 Å². The van der Waals surface area contributed by atoms with Crippen molar-refractivity contribution in [3.05, 3.63) is 76.9 Å². The van der Waals surface area contributed by atoms with E-state index in [0.717, 1.165) is 23.1 Å². The Hall–Kier alpha value is -3.80. The van der Waals surface area contributed by atoms with Gasteiger partial charge in [-0.3, -0.25) is 0 Å². The van der Waals surface area contributed by atoms with Crippen LogP contribution in [-0.2, 0) is 0 Å². The molecule has 0 aliphatic heterocycles. The number of carbonyl (C=O) groups excluding carboxylic acids is 1. The molecular formula is C26H28N2O4. The maximum absolute atomic E-state index is 12.7. The van der Waals surface area contributed by atoms with Crippen molar-refractivity contribution in [3.8, 4) is 16.9 Å². The van der Waals surface area contributed by atoms with Crippen LogP contribution >= 0.6 is 0 Å². The molecule has 32 heavy (non-hydrogen) atoms. The maximum Gasteiger partial charge on any atom is 0.336 e. The lowest BCUT2D eigenvalue weighted by Gasteiger charge is -2.18. The number of benzene rings is 3. The lowest BCUT2D eigenvalue weighted by atomic mass is 9.95. The standard InChI is InChI=1S/C26H28N2O4/c1-5-12-32-24-18(4)14-19(22-13-17(3)8-11-21(22)25(29)30)15-23(24)28-26(31)27-20-9-6-16(2)7-10-20/h6-11,13-15H,5,12H2,1-4H3,(H,29,30)(H2,27,28,31). The number of aromatic carboxylic acids is 1. The molecule has 166 valence electrons. The first-order valence-corrected chi connectivity index (χ1v) is 10.5. The molecule has 0 aliphatic carbocycles. The molecular weight excluding hydrogens is 404 g/mol. The summed E-state index contributed by atoms with van der Waals surface area (Å²) in [5.74, 6) is -0.435. The molecule has 0 saturated heterocycles. The predicted octanol–water partition coefficient (Wildman–Crippen LogP) is 6.41. The van der Waals surface area contributed by atoms with E-state index in [-0.39, 0.29) is 5.56 Å². The second-order valence-corrected chi connectivity index (χ2v) is 7.82. The number of hydrogen-bond acceptors (Lipinski definition) is 3. The fourth-order valence-corrected chi connectivity index (χ4v) is 3.42. The van der Waals surface area contributed by atoms with Gasteiger partial charge in [-0.15, -0.1) is 0 Å². The van der Waals surface area contributed by atoms with E-state index >= 15 is 0 Å². The van der Waals surface area contributed by atoms with E-state index in [1.54, 1.807) is 18.2 Å². The van der Waals surface area contributed by atoms with Crippen molar-refractivity contribution in [1.29, 1.82) is 0 Å². The first-order valence-electron chi connectivity index (χ1n) is 10.5. The number of rotatable bonds is 7. The van der Waals surface area contributed by atoms with E-state index in [4.69, 9.17) is 4.74 Å². The lowest BCUT2D eigenvalue weighted by Crippen LogP contribution is -2.20. The Labute approximate surface area is 188 Å². The molecule has 3 aromatic rings. The van der Waals surface area contributed by atoms with Crippen LogP contribution in [0.15, 0.2) is 54.6 Å². The zero-order valence-electron chi connectivity index (χ0n) is 18.8. The molecule has 2 amide bonds. The van der Waals surface area contributed by atoms with E-state index in [1.807, 2.05) is 64.1 Å². The average molecular weight is 433 g/mol. The van der Waals surface area contributed by atoms with Crippen LogP contribution in [0.5, 0.6) is 5.75 Å². The highest BCUT2D eigenvalue weighted by molar-refractivity contribution is 6.02. The van der Waals surface area contributed by atoms with Crippen LogP contribution in [0.3, 0.4) is 0 Å². The maximum atomic E-state index is 12.7. The Kier molecular flexibility index (Phi) is 7.15. The van der Waals surface area contributed by atoms with Gasteiger partial charge in [0.2, 0.25) is 0 Å². The Balaban J connectivity index is 2.00. The summed E-state index contributed by atoms with van der Waals surface area (Å²) in [6.07, 6.45) is 0.817. The van der Waals surface area contributed by atoms with Crippen LogP contribution in [0.4, 0.5) is 16.2 Å². The van der Waals surface area contributed by atoms with Crippen molar-refractivity contribution in [2.75, 3.05) is 17.2 Å². The second kappa shape index (κ2) is 10.0. The Morgan fingerprint density at radius 3 is 2.25 bits per heavy atom. The third kappa shape index (κ3) is 5.46. The monoisotopic (exact) mass is 432 g/mol. The number of ether oxygens (including phenoxy) is 1. The van der Waals surface area contributed by atoms with Crippen LogP contribution in [0, 0.1) is 20.8 Å². The van der Waals surface area contributed by atoms with E-state index in [1.165, 1.54) is 0 Å². The van der Waals surface area contributed by atoms with Gasteiger partial charge in [-0.1, -0.05) is 42.3 Å². The highest BCUT2D eigenvalue weighted by atomic mass is 16.5.